The third kappa shape index (κ3) is 4.43. The number of ether oxygens (including phenoxy) is 1. The molecule has 0 aliphatic heterocycles. The lowest BCUT2D eigenvalue weighted by molar-refractivity contribution is -0.130. The lowest BCUT2D eigenvalue weighted by Gasteiger charge is -2.20. The molecule has 6 nitrogen and oxygen atoms in total. The van der Waals surface area contributed by atoms with Gasteiger partial charge in [0.05, 0.1) is 24.8 Å². The highest BCUT2D eigenvalue weighted by molar-refractivity contribution is 6.01. The molecule has 0 aromatic carbocycles. The van der Waals surface area contributed by atoms with Crippen molar-refractivity contribution < 1.29 is 19.1 Å². The maximum absolute atomic E-state index is 12.5. The van der Waals surface area contributed by atoms with Gasteiger partial charge in [-0.1, -0.05) is 13.3 Å². The van der Waals surface area contributed by atoms with Gasteiger partial charge in [0.2, 0.25) is 5.91 Å². The first kappa shape index (κ1) is 18.9. The second-order valence-electron chi connectivity index (χ2n) is 5.53. The van der Waals surface area contributed by atoms with E-state index in [-0.39, 0.29) is 23.7 Å². The third-order valence-electron chi connectivity index (χ3n) is 3.91. The van der Waals surface area contributed by atoms with Crippen LogP contribution in [0, 0.1) is 6.92 Å². The van der Waals surface area contributed by atoms with E-state index in [2.05, 4.69) is 11.9 Å². The Hall–Kier alpha value is -2.11. The summed E-state index contributed by atoms with van der Waals surface area (Å²) < 4.78 is 4.79. The molecule has 1 aromatic rings. The van der Waals surface area contributed by atoms with Crippen LogP contribution in [-0.2, 0) is 16.0 Å². The number of esters is 1. The predicted octanol–water partition coefficient (Wildman–Crippen LogP) is 2.50. The molecule has 0 saturated heterocycles. The first-order valence-electron chi connectivity index (χ1n) is 7.95. The second-order valence-corrected chi connectivity index (χ2v) is 5.53. The molecule has 0 unspecified atom stereocenters. The number of nitrogens with zero attached hydrogens (tertiary/aromatic N) is 1. The Balaban J connectivity index is 3.11. The lowest BCUT2D eigenvalue weighted by atomic mass is 10.1. The molecule has 0 fully saturated rings. The molecule has 23 heavy (non-hydrogen) atoms. The summed E-state index contributed by atoms with van der Waals surface area (Å²) in [6.45, 7) is 8.41. The van der Waals surface area contributed by atoms with Crippen LogP contribution in [0.2, 0.25) is 0 Å². The van der Waals surface area contributed by atoms with E-state index >= 15 is 0 Å². The fourth-order valence-corrected chi connectivity index (χ4v) is 2.59. The van der Waals surface area contributed by atoms with Gasteiger partial charge >= 0.3 is 5.97 Å². The van der Waals surface area contributed by atoms with Crippen molar-refractivity contribution in [2.24, 2.45) is 0 Å². The number of Topliss-reactive ketones (excluding diaryl/α,β-unsaturated/α-hetero) is 1. The summed E-state index contributed by atoms with van der Waals surface area (Å²) in [4.78, 5) is 40.8. The summed E-state index contributed by atoms with van der Waals surface area (Å²) in [5.41, 5.74) is 1.62. The number of rotatable bonds is 8. The van der Waals surface area contributed by atoms with Crippen LogP contribution in [0.15, 0.2) is 0 Å². The largest absolute Gasteiger partial charge is 0.465 e. The van der Waals surface area contributed by atoms with Gasteiger partial charge in [0.25, 0.3) is 0 Å². The maximum Gasteiger partial charge on any atom is 0.339 e. The molecule has 1 heterocycles. The van der Waals surface area contributed by atoms with E-state index in [1.807, 2.05) is 6.92 Å². The Morgan fingerprint density at radius 1 is 1.22 bits per heavy atom. The van der Waals surface area contributed by atoms with Crippen LogP contribution in [0.25, 0.3) is 0 Å². The van der Waals surface area contributed by atoms with Gasteiger partial charge in [0.1, 0.15) is 0 Å². The van der Waals surface area contributed by atoms with Gasteiger partial charge in [0, 0.05) is 25.7 Å². The highest BCUT2D eigenvalue weighted by Crippen LogP contribution is 2.21. The minimum absolute atomic E-state index is 0.0517. The fourth-order valence-electron chi connectivity index (χ4n) is 2.59. The molecular weight excluding hydrogens is 296 g/mol. The van der Waals surface area contributed by atoms with Gasteiger partial charge in [-0.05, 0) is 25.8 Å². The zero-order valence-corrected chi connectivity index (χ0v) is 14.6. The molecule has 1 amide bonds. The summed E-state index contributed by atoms with van der Waals surface area (Å²) in [6, 6.07) is 0. The van der Waals surface area contributed by atoms with E-state index in [0.29, 0.717) is 30.0 Å². The third-order valence-corrected chi connectivity index (χ3v) is 3.91. The molecular formula is C17H26N2O4. The molecule has 0 atom stereocenters. The zero-order chi connectivity index (χ0) is 17.6. The number of aromatic nitrogens is 1. The van der Waals surface area contributed by atoms with Gasteiger partial charge in [-0.2, -0.15) is 0 Å². The van der Waals surface area contributed by atoms with Crippen molar-refractivity contribution in [3.05, 3.63) is 22.5 Å². The van der Waals surface area contributed by atoms with Gasteiger partial charge in [-0.3, -0.25) is 9.59 Å². The van der Waals surface area contributed by atoms with Crippen molar-refractivity contribution in [1.29, 1.82) is 0 Å². The molecule has 0 aliphatic rings. The van der Waals surface area contributed by atoms with Gasteiger partial charge in [-0.15, -0.1) is 0 Å². The molecule has 128 valence electrons. The minimum Gasteiger partial charge on any atom is -0.465 e. The van der Waals surface area contributed by atoms with Crippen molar-refractivity contribution >= 4 is 17.7 Å². The number of carbonyl (C=O) groups is 3. The number of carbonyl (C=O) groups excluding carboxylic acids is 3. The van der Waals surface area contributed by atoms with Crippen LogP contribution in [0.4, 0.5) is 0 Å². The lowest BCUT2D eigenvalue weighted by Crippen LogP contribution is -2.33. The number of hydrogen-bond acceptors (Lipinski definition) is 4. The number of hydrogen-bond donors (Lipinski definition) is 1. The predicted molar refractivity (Wildman–Crippen MR) is 87.7 cm³/mol. The highest BCUT2D eigenvalue weighted by Gasteiger charge is 2.25. The van der Waals surface area contributed by atoms with Crippen molar-refractivity contribution in [2.45, 2.75) is 47.0 Å². The average molecular weight is 322 g/mol. The Labute approximate surface area is 137 Å². The number of aromatic amines is 1. The molecule has 0 bridgehead atoms. The Bertz CT molecular complexity index is 590. The van der Waals surface area contributed by atoms with E-state index in [0.717, 1.165) is 12.8 Å². The number of H-pyrrole nitrogens is 1. The summed E-state index contributed by atoms with van der Waals surface area (Å²) in [5, 5.41) is 0. The highest BCUT2D eigenvalue weighted by atomic mass is 16.5. The van der Waals surface area contributed by atoms with Gasteiger partial charge in [-0.25, -0.2) is 4.79 Å². The topological polar surface area (TPSA) is 79.5 Å². The van der Waals surface area contributed by atoms with Crippen molar-refractivity contribution in [3.63, 3.8) is 0 Å². The van der Waals surface area contributed by atoms with Crippen LogP contribution in [-0.4, -0.2) is 47.7 Å². The number of ketones is 1. The van der Waals surface area contributed by atoms with Crippen LogP contribution in [0.5, 0.6) is 0 Å². The van der Waals surface area contributed by atoms with Crippen LogP contribution < -0.4 is 0 Å². The van der Waals surface area contributed by atoms with E-state index in [1.165, 1.54) is 14.0 Å². The molecule has 0 spiro atoms. The average Bonchev–Trinajstić information content (AvgIpc) is 2.84. The Morgan fingerprint density at radius 2 is 1.87 bits per heavy atom. The van der Waals surface area contributed by atoms with Crippen molar-refractivity contribution in [2.75, 3.05) is 20.2 Å². The fraction of sp³-hybridized carbons (Fsp3) is 0.588. The van der Waals surface area contributed by atoms with Crippen LogP contribution in [0.1, 0.15) is 65.7 Å². The van der Waals surface area contributed by atoms with Gasteiger partial charge < -0.3 is 14.6 Å². The van der Waals surface area contributed by atoms with Crippen LogP contribution in [0.3, 0.4) is 0 Å². The maximum atomic E-state index is 12.5. The summed E-state index contributed by atoms with van der Waals surface area (Å²) >= 11 is 0. The molecule has 1 N–H and O–H groups in total. The minimum atomic E-state index is -0.536. The first-order chi connectivity index (χ1) is 10.9. The molecule has 1 aromatic heterocycles. The second kappa shape index (κ2) is 8.50. The standard InChI is InChI=1S/C17H26N2O4/c1-6-8-9-19(7-2)14(21)10-13-15(17(22)23-5)11(3)16(18-13)12(4)20/h18H,6-10H2,1-5H3. The molecule has 1 rings (SSSR count). The zero-order valence-electron chi connectivity index (χ0n) is 14.6. The quantitative estimate of drug-likeness (QED) is 0.589. The first-order valence-corrected chi connectivity index (χ1v) is 7.95. The number of methoxy groups -OCH3 is 1. The Kier molecular flexibility index (Phi) is 7.00. The van der Waals surface area contributed by atoms with E-state index in [4.69, 9.17) is 4.74 Å². The number of unbranched alkanes of at least 4 members (excludes halogenated alkanes) is 1. The Morgan fingerprint density at radius 3 is 2.35 bits per heavy atom. The summed E-state index contributed by atoms with van der Waals surface area (Å²) in [7, 11) is 1.29. The summed E-state index contributed by atoms with van der Waals surface area (Å²) in [6.07, 6.45) is 2.00. The summed E-state index contributed by atoms with van der Waals surface area (Å²) in [5.74, 6) is -0.780. The van der Waals surface area contributed by atoms with Crippen molar-refractivity contribution in [3.8, 4) is 0 Å². The smallest absolute Gasteiger partial charge is 0.339 e. The van der Waals surface area contributed by atoms with Crippen molar-refractivity contribution in [1.82, 2.24) is 9.88 Å². The molecule has 0 saturated carbocycles. The molecule has 0 radical (unpaired) electrons. The normalized spacial score (nSPS) is 10.5. The number of amides is 1. The van der Waals surface area contributed by atoms with E-state index < -0.39 is 5.97 Å². The number of likely N-dealkylation sites (N-methyl/N-ethyl adjacent to an activating group) is 1. The number of nitrogens with one attached hydrogen (secondary N) is 1. The monoisotopic (exact) mass is 322 g/mol. The van der Waals surface area contributed by atoms with Crippen LogP contribution >= 0.6 is 0 Å². The molecule has 0 aliphatic carbocycles. The SMILES string of the molecule is CCCCN(CC)C(=O)Cc1[nH]c(C(C)=O)c(C)c1C(=O)OC. The van der Waals surface area contributed by atoms with Gasteiger partial charge in [0.15, 0.2) is 5.78 Å². The molecule has 6 heteroatoms. The van der Waals surface area contributed by atoms with E-state index in [1.54, 1.807) is 11.8 Å². The van der Waals surface area contributed by atoms with E-state index in [9.17, 15) is 14.4 Å².